The largest absolute Gasteiger partial charge is 0.497 e. The number of anilines is 2. The van der Waals surface area contributed by atoms with Crippen molar-refractivity contribution in [3.63, 3.8) is 0 Å². The Morgan fingerprint density at radius 1 is 1.21 bits per heavy atom. The van der Waals surface area contributed by atoms with Crippen LogP contribution in [0.3, 0.4) is 0 Å². The zero-order chi connectivity index (χ0) is 24.3. The van der Waals surface area contributed by atoms with Gasteiger partial charge in [0.05, 0.1) is 13.7 Å². The molecule has 182 valence electrons. The number of carbonyl (C=O) groups excluding carboxylic acids is 1. The van der Waals surface area contributed by atoms with Crippen LogP contribution in [0, 0.1) is 0 Å². The number of hydrogen-bond acceptors (Lipinski definition) is 9. The van der Waals surface area contributed by atoms with E-state index < -0.39 is 6.09 Å². The summed E-state index contributed by atoms with van der Waals surface area (Å²) in [6.45, 7) is 7.17. The van der Waals surface area contributed by atoms with E-state index in [1.807, 2.05) is 24.3 Å². The molecule has 1 saturated heterocycles. The molecule has 3 aromatic rings. The molecule has 1 atom stereocenters. The highest BCUT2D eigenvalue weighted by Gasteiger charge is 2.26. The van der Waals surface area contributed by atoms with Crippen LogP contribution in [0.1, 0.15) is 58.4 Å². The summed E-state index contributed by atoms with van der Waals surface area (Å²) in [6.07, 6.45) is 5.16. The van der Waals surface area contributed by atoms with Gasteiger partial charge in [-0.3, -0.25) is 4.90 Å². The number of carbonyl (C=O) groups is 1. The first kappa shape index (κ1) is 24.9. The van der Waals surface area contributed by atoms with Gasteiger partial charge in [0.1, 0.15) is 24.2 Å². The van der Waals surface area contributed by atoms with Crippen molar-refractivity contribution in [2.45, 2.75) is 52.5 Å². The van der Waals surface area contributed by atoms with Crippen molar-refractivity contribution in [2.24, 2.45) is 0 Å². The van der Waals surface area contributed by atoms with Gasteiger partial charge in [0.15, 0.2) is 0 Å². The van der Waals surface area contributed by atoms with Gasteiger partial charge in [-0.2, -0.15) is 9.97 Å². The van der Waals surface area contributed by atoms with E-state index in [0.29, 0.717) is 36.6 Å². The van der Waals surface area contributed by atoms with Crippen LogP contribution in [0.4, 0.5) is 16.6 Å². The molecule has 1 aliphatic heterocycles. The van der Waals surface area contributed by atoms with Crippen LogP contribution in [0.25, 0.3) is 11.4 Å². The molecular formula is C24H32N6O4. The van der Waals surface area contributed by atoms with Crippen molar-refractivity contribution in [1.29, 1.82) is 0 Å². The van der Waals surface area contributed by atoms with Gasteiger partial charge in [0.25, 0.3) is 0 Å². The fourth-order valence-corrected chi connectivity index (χ4v) is 3.25. The summed E-state index contributed by atoms with van der Waals surface area (Å²) in [5.41, 5.74) is 0.800. The van der Waals surface area contributed by atoms with E-state index in [0.717, 1.165) is 30.6 Å². The molecular weight excluding hydrogens is 436 g/mol. The van der Waals surface area contributed by atoms with Crippen molar-refractivity contribution in [3.05, 3.63) is 42.4 Å². The Labute approximate surface area is 199 Å². The maximum Gasteiger partial charge on any atom is 0.415 e. The lowest BCUT2D eigenvalue weighted by Crippen LogP contribution is -2.25. The van der Waals surface area contributed by atoms with Crippen LogP contribution in [-0.2, 0) is 4.74 Å². The minimum absolute atomic E-state index is 0.271. The molecule has 1 N–H and O–H groups in total. The Bertz CT molecular complexity index is 1060. The first-order valence-corrected chi connectivity index (χ1v) is 11.6. The summed E-state index contributed by atoms with van der Waals surface area (Å²) >= 11 is 0. The molecule has 1 unspecified atom stereocenters. The number of unbranched alkanes of at least 4 members (excludes halogenated alkanes) is 1. The van der Waals surface area contributed by atoms with E-state index in [1.54, 1.807) is 19.4 Å². The molecule has 1 aromatic carbocycles. The first-order chi connectivity index (χ1) is 16.6. The Morgan fingerprint density at radius 2 is 2.03 bits per heavy atom. The number of aromatic nitrogens is 4. The molecule has 1 fully saturated rings. The van der Waals surface area contributed by atoms with E-state index in [4.69, 9.17) is 14.0 Å². The number of nitrogens with one attached hydrogen (secondary N) is 1. The van der Waals surface area contributed by atoms with Gasteiger partial charge in [0, 0.05) is 11.8 Å². The average Bonchev–Trinajstić information content (AvgIpc) is 3.52. The Morgan fingerprint density at radius 3 is 2.74 bits per heavy atom. The van der Waals surface area contributed by atoms with E-state index in [9.17, 15) is 4.79 Å². The third-order valence-corrected chi connectivity index (χ3v) is 4.90. The summed E-state index contributed by atoms with van der Waals surface area (Å²) in [6, 6.07) is 8.88. The third-order valence-electron chi connectivity index (χ3n) is 4.90. The number of nitrogens with zero attached hydrogens (tertiary/aromatic N) is 5. The van der Waals surface area contributed by atoms with Crippen molar-refractivity contribution in [1.82, 2.24) is 20.1 Å². The summed E-state index contributed by atoms with van der Waals surface area (Å²) < 4.78 is 15.8. The maximum atomic E-state index is 11.8. The molecule has 10 heteroatoms. The highest BCUT2D eigenvalue weighted by molar-refractivity contribution is 5.88. The lowest BCUT2D eigenvalue weighted by molar-refractivity contribution is 0.181. The van der Waals surface area contributed by atoms with Gasteiger partial charge in [-0.05, 0) is 24.6 Å². The lowest BCUT2D eigenvalue weighted by Gasteiger charge is -2.16. The molecule has 0 bridgehead atoms. The molecule has 0 spiro atoms. The van der Waals surface area contributed by atoms with Crippen molar-refractivity contribution < 1.29 is 18.8 Å². The Balaban J connectivity index is 0.00000103. The maximum absolute atomic E-state index is 11.8. The molecule has 4 rings (SSSR count). The van der Waals surface area contributed by atoms with Crippen LogP contribution < -0.4 is 15.0 Å². The van der Waals surface area contributed by atoms with Crippen molar-refractivity contribution in [2.75, 3.05) is 30.5 Å². The number of amides is 1. The van der Waals surface area contributed by atoms with Crippen LogP contribution >= 0.6 is 0 Å². The van der Waals surface area contributed by atoms with Gasteiger partial charge in [0.2, 0.25) is 17.7 Å². The zero-order valence-electron chi connectivity index (χ0n) is 20.2. The second kappa shape index (κ2) is 12.5. The van der Waals surface area contributed by atoms with Crippen molar-refractivity contribution in [3.8, 4) is 17.1 Å². The Kier molecular flexibility index (Phi) is 9.19. The fraction of sp³-hybridized carbons (Fsp3) is 0.458. The van der Waals surface area contributed by atoms with Crippen LogP contribution in [-0.4, -0.2) is 46.5 Å². The molecule has 0 aliphatic carbocycles. The molecule has 10 nitrogen and oxygen atoms in total. The minimum Gasteiger partial charge on any atom is -0.497 e. The standard InChI is InChI=1S/C21H24N6O4.C3H8/c1-3-4-8-16(19-25-18(26-31-19)14-6-5-7-15(13-14)29-2)23-20-22-10-9-17(24-20)27-11-12-30-21(27)28;1-3-2/h5-7,9-10,13,16H,3-4,8,11-12H2,1-2H3,(H,22,23,24);3H2,1-2H3. The molecule has 1 aliphatic rings. The molecule has 0 saturated carbocycles. The second-order valence-electron chi connectivity index (χ2n) is 7.74. The van der Waals surface area contributed by atoms with Gasteiger partial charge >= 0.3 is 6.09 Å². The van der Waals surface area contributed by atoms with E-state index in [-0.39, 0.29) is 6.04 Å². The molecule has 0 radical (unpaired) electrons. The van der Waals surface area contributed by atoms with E-state index in [1.165, 1.54) is 11.3 Å². The minimum atomic E-state index is -0.410. The van der Waals surface area contributed by atoms with Gasteiger partial charge in [-0.1, -0.05) is 57.3 Å². The van der Waals surface area contributed by atoms with Gasteiger partial charge in [-0.25, -0.2) is 9.78 Å². The van der Waals surface area contributed by atoms with Crippen LogP contribution in [0.15, 0.2) is 41.1 Å². The van der Waals surface area contributed by atoms with Crippen molar-refractivity contribution >= 4 is 17.9 Å². The Hall–Kier alpha value is -3.69. The normalized spacial score (nSPS) is 13.6. The highest BCUT2D eigenvalue weighted by Crippen LogP contribution is 2.27. The second-order valence-corrected chi connectivity index (χ2v) is 7.74. The number of hydrogen-bond donors (Lipinski definition) is 1. The molecule has 3 heterocycles. The summed E-state index contributed by atoms with van der Waals surface area (Å²) in [4.78, 5) is 26.6. The topological polar surface area (TPSA) is 116 Å². The quantitative estimate of drug-likeness (QED) is 0.449. The average molecular weight is 469 g/mol. The van der Waals surface area contributed by atoms with Crippen LogP contribution in [0.2, 0.25) is 0 Å². The SMILES string of the molecule is CCC.CCCCC(Nc1nccc(N2CCOC2=O)n1)c1nc(-c2cccc(OC)c2)no1. The lowest BCUT2D eigenvalue weighted by atomic mass is 10.1. The summed E-state index contributed by atoms with van der Waals surface area (Å²) in [5, 5.41) is 7.41. The predicted molar refractivity (Wildman–Crippen MR) is 129 cm³/mol. The number of cyclic esters (lactones) is 1. The predicted octanol–water partition coefficient (Wildman–Crippen LogP) is 5.25. The number of methoxy groups -OCH3 is 1. The number of ether oxygens (including phenoxy) is 2. The summed E-state index contributed by atoms with van der Waals surface area (Å²) in [5.74, 6) is 2.50. The third kappa shape index (κ3) is 6.43. The highest BCUT2D eigenvalue weighted by atomic mass is 16.6. The van der Waals surface area contributed by atoms with Crippen LogP contribution in [0.5, 0.6) is 5.75 Å². The molecule has 34 heavy (non-hydrogen) atoms. The number of benzene rings is 1. The number of rotatable bonds is 9. The molecule has 1 amide bonds. The van der Waals surface area contributed by atoms with E-state index in [2.05, 4.69) is 46.2 Å². The zero-order valence-corrected chi connectivity index (χ0v) is 20.2. The van der Waals surface area contributed by atoms with Gasteiger partial charge < -0.3 is 19.3 Å². The fourth-order valence-electron chi connectivity index (χ4n) is 3.25. The van der Waals surface area contributed by atoms with E-state index >= 15 is 0 Å². The summed E-state index contributed by atoms with van der Waals surface area (Å²) in [7, 11) is 1.61. The smallest absolute Gasteiger partial charge is 0.415 e. The first-order valence-electron chi connectivity index (χ1n) is 11.6. The van der Waals surface area contributed by atoms with Gasteiger partial charge in [-0.15, -0.1) is 0 Å². The molecule has 2 aromatic heterocycles. The monoisotopic (exact) mass is 468 g/mol.